The van der Waals surface area contributed by atoms with Crippen LogP contribution in [0.15, 0.2) is 0 Å². The van der Waals surface area contributed by atoms with Gasteiger partial charge in [-0.25, -0.2) is 5.20 Å². The van der Waals surface area contributed by atoms with Gasteiger partial charge in [0.25, 0.3) is 0 Å². The van der Waals surface area contributed by atoms with Crippen molar-refractivity contribution in [1.82, 2.24) is 5.20 Å². The number of nitrogens with one attached hydrogen (secondary N) is 1. The van der Waals surface area contributed by atoms with Gasteiger partial charge in [-0.15, -0.1) is 0 Å². The Morgan fingerprint density at radius 3 is 2.25 bits per heavy atom. The lowest BCUT2D eigenvalue weighted by Crippen LogP contribution is -2.05. The summed E-state index contributed by atoms with van der Waals surface area (Å²) in [5, 5.41) is 2.33. The summed E-state index contributed by atoms with van der Waals surface area (Å²) < 4.78 is 0. The van der Waals surface area contributed by atoms with E-state index in [-0.39, 0.29) is 7.51 Å². The molecule has 26 valence electrons. The summed E-state index contributed by atoms with van der Waals surface area (Å²) in [6.07, 6.45) is 0. The van der Waals surface area contributed by atoms with E-state index in [4.69, 9.17) is 5.84 Å². The zero-order valence-electron chi connectivity index (χ0n) is 2.06. The molecule has 0 aliphatic carbocycles. The molecule has 1 atom stereocenters. The second-order valence-electron chi connectivity index (χ2n) is 0.285. The summed E-state index contributed by atoms with van der Waals surface area (Å²) in [5.41, 5.74) is 0. The fraction of sp³-hybridized carbons (Fsp3) is 0. The van der Waals surface area contributed by atoms with Crippen LogP contribution in [0.25, 0.3) is 0 Å². The monoisotopic (exact) mass is 96.0 g/mol. The zero-order chi connectivity index (χ0) is 3.41. The van der Waals surface area contributed by atoms with Crippen LogP contribution in [0, 0.1) is 0 Å². The Hall–Kier alpha value is 0.570. The Bertz CT molecular complexity index is 20.0. The number of hydrazine groups is 1. The summed E-state index contributed by atoms with van der Waals surface area (Å²) in [6, 6.07) is 0. The SMILES string of the molecule is NN[PH2]=S. The van der Waals surface area contributed by atoms with Crippen molar-refractivity contribution in [2.45, 2.75) is 0 Å². The van der Waals surface area contributed by atoms with Crippen LogP contribution in [0.5, 0.6) is 0 Å². The first-order valence-corrected chi connectivity index (χ1v) is 3.28. The summed E-state index contributed by atoms with van der Waals surface area (Å²) in [6.45, 7) is 0. The van der Waals surface area contributed by atoms with E-state index in [0.717, 1.165) is 0 Å². The molecule has 0 fully saturated rings. The second kappa shape index (κ2) is 3.57. The maximum absolute atomic E-state index is 4.71. The average molecular weight is 96.1 g/mol. The van der Waals surface area contributed by atoms with E-state index in [0.29, 0.717) is 0 Å². The van der Waals surface area contributed by atoms with Gasteiger partial charge in [-0.2, -0.15) is 0 Å². The Morgan fingerprint density at radius 1 is 2.00 bits per heavy atom. The first-order valence-electron chi connectivity index (χ1n) is 0.813. The molecule has 0 radical (unpaired) electrons. The van der Waals surface area contributed by atoms with Crippen LogP contribution in [-0.4, -0.2) is 0 Å². The van der Waals surface area contributed by atoms with Gasteiger partial charge in [0, 0.05) is 7.51 Å². The van der Waals surface area contributed by atoms with E-state index in [2.05, 4.69) is 17.0 Å². The summed E-state index contributed by atoms with van der Waals surface area (Å²) >= 11 is 4.40. The van der Waals surface area contributed by atoms with E-state index >= 15 is 0 Å². The molecule has 4 heteroatoms. The predicted molar refractivity (Wildman–Crippen MR) is 24.4 cm³/mol. The van der Waals surface area contributed by atoms with Crippen LogP contribution in [0.4, 0.5) is 0 Å². The largest absolute Gasteiger partial charge is 0.268 e. The molecule has 4 heavy (non-hydrogen) atoms. The van der Waals surface area contributed by atoms with Crippen LogP contribution in [0.2, 0.25) is 0 Å². The normalized spacial score (nSPS) is 10.2. The Labute approximate surface area is 31.2 Å². The third-order valence-electron chi connectivity index (χ3n) is 0.0680. The van der Waals surface area contributed by atoms with Crippen molar-refractivity contribution in [2.75, 3.05) is 0 Å². The second-order valence-corrected chi connectivity index (χ2v) is 1.56. The van der Waals surface area contributed by atoms with E-state index < -0.39 is 0 Å². The van der Waals surface area contributed by atoms with Gasteiger partial charge in [0.2, 0.25) is 0 Å². The smallest absolute Gasteiger partial charge is 0.00167 e. The molecular formula is H5N2PS. The van der Waals surface area contributed by atoms with Crippen molar-refractivity contribution in [3.05, 3.63) is 0 Å². The molecule has 0 aliphatic heterocycles. The molecule has 1 unspecified atom stereocenters. The minimum Gasteiger partial charge on any atom is -0.268 e. The molecule has 0 saturated carbocycles. The van der Waals surface area contributed by atoms with Crippen molar-refractivity contribution in [3.8, 4) is 0 Å². The molecule has 0 aromatic carbocycles. The molecule has 0 spiro atoms. The summed E-state index contributed by atoms with van der Waals surface area (Å²) in [4.78, 5) is 0. The Kier molecular flexibility index (Phi) is 4.08. The van der Waals surface area contributed by atoms with E-state index in [1.165, 1.54) is 0 Å². The molecule has 0 bridgehead atoms. The van der Waals surface area contributed by atoms with Crippen molar-refractivity contribution in [2.24, 2.45) is 5.84 Å². The van der Waals surface area contributed by atoms with E-state index in [1.54, 1.807) is 0 Å². The highest BCUT2D eigenvalue weighted by atomic mass is 32.4. The first-order chi connectivity index (χ1) is 1.91. The predicted octanol–water partition coefficient (Wildman–Crippen LogP) is -0.763. The Balaban J connectivity index is 2.30. The van der Waals surface area contributed by atoms with Gasteiger partial charge in [0.1, 0.15) is 0 Å². The van der Waals surface area contributed by atoms with Crippen LogP contribution in [-0.2, 0) is 11.8 Å². The third-order valence-corrected chi connectivity index (χ3v) is 0.612. The lowest BCUT2D eigenvalue weighted by molar-refractivity contribution is 1.12. The van der Waals surface area contributed by atoms with Gasteiger partial charge in [-0.1, -0.05) is 11.8 Å². The first kappa shape index (κ1) is 4.57. The fourth-order valence-corrected chi connectivity index (χ4v) is 0. The topological polar surface area (TPSA) is 38.0 Å². The molecule has 0 aliphatic rings. The minimum absolute atomic E-state index is 0.106. The number of hydrogen-bond acceptors (Lipinski definition) is 2. The van der Waals surface area contributed by atoms with Gasteiger partial charge in [0.15, 0.2) is 0 Å². The molecule has 0 aromatic rings. The van der Waals surface area contributed by atoms with Crippen LogP contribution in [0.3, 0.4) is 0 Å². The number of rotatable bonds is 1. The molecular weight excluding hydrogens is 91.1 g/mol. The molecule has 2 nitrogen and oxygen atoms in total. The zero-order valence-corrected chi connectivity index (χ0v) is 4.03. The van der Waals surface area contributed by atoms with Gasteiger partial charge in [0.05, 0.1) is 0 Å². The third kappa shape index (κ3) is 2.57. The van der Waals surface area contributed by atoms with Gasteiger partial charge in [-0.3, -0.25) is 5.84 Å². The molecule has 0 rings (SSSR count). The van der Waals surface area contributed by atoms with Crippen LogP contribution >= 0.6 is 7.51 Å². The molecule has 0 heterocycles. The highest BCUT2D eigenvalue weighted by Crippen LogP contribution is 1.66. The number of nitrogens with two attached hydrogens (primary N) is 1. The fourth-order valence-electron chi connectivity index (χ4n) is 0. The maximum atomic E-state index is 4.71. The highest BCUT2D eigenvalue weighted by Gasteiger charge is 1.36. The lowest BCUT2D eigenvalue weighted by Gasteiger charge is -1.68. The van der Waals surface area contributed by atoms with Crippen molar-refractivity contribution in [3.63, 3.8) is 0 Å². The van der Waals surface area contributed by atoms with E-state index in [9.17, 15) is 0 Å². The van der Waals surface area contributed by atoms with E-state index in [1.807, 2.05) is 0 Å². The summed E-state index contributed by atoms with van der Waals surface area (Å²) in [7, 11) is -0.106. The Morgan fingerprint density at radius 2 is 2.25 bits per heavy atom. The maximum Gasteiger partial charge on any atom is 0.00167 e. The van der Waals surface area contributed by atoms with Gasteiger partial charge >= 0.3 is 0 Å². The summed E-state index contributed by atoms with van der Waals surface area (Å²) in [5.74, 6) is 4.71. The quantitative estimate of drug-likeness (QED) is 0.256. The highest BCUT2D eigenvalue weighted by molar-refractivity contribution is 7.95. The van der Waals surface area contributed by atoms with Crippen molar-refractivity contribution < 1.29 is 0 Å². The van der Waals surface area contributed by atoms with Crippen LogP contribution < -0.4 is 11.0 Å². The molecule has 0 saturated heterocycles. The molecule has 0 amide bonds. The van der Waals surface area contributed by atoms with Gasteiger partial charge in [-0.05, 0) is 0 Å². The number of hydrogen-bond donors (Lipinski definition) is 2. The van der Waals surface area contributed by atoms with Crippen molar-refractivity contribution >= 4 is 19.3 Å². The molecule has 0 aromatic heterocycles. The van der Waals surface area contributed by atoms with Crippen LogP contribution in [0.1, 0.15) is 0 Å². The standard InChI is InChI=1S/H5N2PS/c1-2-3-4/h1,3H2,(H,2,4). The lowest BCUT2D eigenvalue weighted by atomic mass is 13.0. The van der Waals surface area contributed by atoms with Crippen molar-refractivity contribution in [1.29, 1.82) is 0 Å². The average Bonchev–Trinajstić information content (AvgIpc) is 1.37. The molecule has 3 N–H and O–H groups in total. The minimum atomic E-state index is -0.106. The van der Waals surface area contributed by atoms with Gasteiger partial charge < -0.3 is 0 Å².